The van der Waals surface area contributed by atoms with Crippen LogP contribution in [0.25, 0.3) is 0 Å². The second-order valence-corrected chi connectivity index (χ2v) is 6.91. The number of hydrogen-bond acceptors (Lipinski definition) is 1. The second-order valence-electron chi connectivity index (χ2n) is 6.91. The fourth-order valence-electron chi connectivity index (χ4n) is 4.11. The molecule has 1 saturated carbocycles. The Morgan fingerprint density at radius 2 is 1.71 bits per heavy atom. The first-order valence-electron chi connectivity index (χ1n) is 9.04. The summed E-state index contributed by atoms with van der Waals surface area (Å²) in [6.45, 7) is 5.39. The van der Waals surface area contributed by atoms with Gasteiger partial charge in [-0.15, -0.1) is 0 Å². The van der Waals surface area contributed by atoms with Crippen molar-refractivity contribution in [3.8, 4) is 0 Å². The van der Waals surface area contributed by atoms with Crippen LogP contribution in [-0.2, 0) is 19.3 Å². The minimum absolute atomic E-state index is 0.542. The first-order valence-corrected chi connectivity index (χ1v) is 9.04. The Labute approximate surface area is 131 Å². The fraction of sp³-hybridized carbons (Fsp3) is 0.700. The molecule has 0 aliphatic heterocycles. The standard InChI is InChI=1S/C20H33N/c1-3-17-8-9-18(4-2)19(16-17)10-13-20(14-15-21)11-6-5-7-12-20/h8-9,16H,3-7,10-15,21H2,1-2H3. The van der Waals surface area contributed by atoms with Gasteiger partial charge in [-0.25, -0.2) is 0 Å². The van der Waals surface area contributed by atoms with Gasteiger partial charge in [-0.3, -0.25) is 0 Å². The molecular weight excluding hydrogens is 254 g/mol. The molecule has 0 aromatic heterocycles. The van der Waals surface area contributed by atoms with Gasteiger partial charge in [0.2, 0.25) is 0 Å². The first kappa shape index (κ1) is 16.5. The molecule has 1 aliphatic carbocycles. The average molecular weight is 287 g/mol. The highest BCUT2D eigenvalue weighted by molar-refractivity contribution is 5.32. The molecular formula is C20H33N. The zero-order chi connectivity index (χ0) is 15.1. The second kappa shape index (κ2) is 7.98. The maximum absolute atomic E-state index is 5.92. The lowest BCUT2D eigenvalue weighted by atomic mass is 9.68. The van der Waals surface area contributed by atoms with E-state index < -0.39 is 0 Å². The van der Waals surface area contributed by atoms with Crippen LogP contribution in [0, 0.1) is 5.41 Å². The van der Waals surface area contributed by atoms with Gasteiger partial charge in [-0.05, 0) is 73.6 Å². The Hall–Kier alpha value is -0.820. The highest BCUT2D eigenvalue weighted by Crippen LogP contribution is 2.42. The molecule has 0 spiro atoms. The van der Waals surface area contributed by atoms with E-state index in [-0.39, 0.29) is 0 Å². The summed E-state index contributed by atoms with van der Waals surface area (Å²) in [5.41, 5.74) is 11.1. The molecule has 1 aliphatic rings. The van der Waals surface area contributed by atoms with Gasteiger partial charge in [0.05, 0.1) is 0 Å². The summed E-state index contributed by atoms with van der Waals surface area (Å²) in [7, 11) is 0. The van der Waals surface area contributed by atoms with E-state index in [1.807, 2.05) is 0 Å². The van der Waals surface area contributed by atoms with Crippen molar-refractivity contribution >= 4 is 0 Å². The lowest BCUT2D eigenvalue weighted by molar-refractivity contribution is 0.161. The smallest absolute Gasteiger partial charge is 0.00720 e. The molecule has 1 fully saturated rings. The summed E-state index contributed by atoms with van der Waals surface area (Å²) in [5, 5.41) is 0. The van der Waals surface area contributed by atoms with Crippen LogP contribution in [0.5, 0.6) is 0 Å². The minimum Gasteiger partial charge on any atom is -0.330 e. The molecule has 0 bridgehead atoms. The summed E-state index contributed by atoms with van der Waals surface area (Å²) in [5.74, 6) is 0. The largest absolute Gasteiger partial charge is 0.330 e. The highest BCUT2D eigenvalue weighted by Gasteiger charge is 2.30. The third-order valence-electron chi connectivity index (χ3n) is 5.57. The summed E-state index contributed by atoms with van der Waals surface area (Å²) in [6.07, 6.45) is 13.2. The van der Waals surface area contributed by atoms with Gasteiger partial charge in [0.1, 0.15) is 0 Å². The maximum atomic E-state index is 5.92. The molecule has 1 aromatic rings. The summed E-state index contributed by atoms with van der Waals surface area (Å²) < 4.78 is 0. The van der Waals surface area contributed by atoms with E-state index in [1.54, 1.807) is 11.1 Å². The number of nitrogens with two attached hydrogens (primary N) is 1. The van der Waals surface area contributed by atoms with E-state index in [9.17, 15) is 0 Å². The average Bonchev–Trinajstić information content (AvgIpc) is 2.54. The van der Waals surface area contributed by atoms with Crippen LogP contribution in [0.4, 0.5) is 0 Å². The maximum Gasteiger partial charge on any atom is -0.00720 e. The van der Waals surface area contributed by atoms with E-state index in [4.69, 9.17) is 5.73 Å². The van der Waals surface area contributed by atoms with Crippen LogP contribution in [0.15, 0.2) is 18.2 Å². The first-order chi connectivity index (χ1) is 10.2. The van der Waals surface area contributed by atoms with Gasteiger partial charge in [-0.2, -0.15) is 0 Å². The molecule has 0 heterocycles. The summed E-state index contributed by atoms with van der Waals surface area (Å²) in [6, 6.07) is 7.11. The van der Waals surface area contributed by atoms with Crippen LogP contribution in [0.2, 0.25) is 0 Å². The normalized spacial score (nSPS) is 17.9. The van der Waals surface area contributed by atoms with Crippen molar-refractivity contribution in [1.29, 1.82) is 0 Å². The number of hydrogen-bond donors (Lipinski definition) is 1. The zero-order valence-electron chi connectivity index (χ0n) is 14.1. The van der Waals surface area contributed by atoms with E-state index >= 15 is 0 Å². The summed E-state index contributed by atoms with van der Waals surface area (Å²) in [4.78, 5) is 0. The predicted molar refractivity (Wildman–Crippen MR) is 92.7 cm³/mol. The highest BCUT2D eigenvalue weighted by atomic mass is 14.5. The van der Waals surface area contributed by atoms with Crippen molar-refractivity contribution in [2.24, 2.45) is 11.1 Å². The molecule has 0 unspecified atom stereocenters. The topological polar surface area (TPSA) is 26.0 Å². The minimum atomic E-state index is 0.542. The number of aryl methyl sites for hydroxylation is 3. The third kappa shape index (κ3) is 4.32. The molecule has 0 atom stereocenters. The Morgan fingerprint density at radius 3 is 2.33 bits per heavy atom. The SMILES string of the molecule is CCc1ccc(CC)c(CCC2(CCN)CCCCC2)c1. The molecule has 0 radical (unpaired) electrons. The van der Waals surface area contributed by atoms with Gasteiger partial charge in [0.25, 0.3) is 0 Å². The van der Waals surface area contributed by atoms with Crippen molar-refractivity contribution in [3.63, 3.8) is 0 Å². The van der Waals surface area contributed by atoms with Gasteiger partial charge in [-0.1, -0.05) is 51.3 Å². The van der Waals surface area contributed by atoms with Crippen molar-refractivity contribution < 1.29 is 0 Å². The lowest BCUT2D eigenvalue weighted by Crippen LogP contribution is -2.28. The monoisotopic (exact) mass is 287 g/mol. The molecule has 0 amide bonds. The molecule has 0 saturated heterocycles. The van der Waals surface area contributed by atoms with Crippen LogP contribution in [0.3, 0.4) is 0 Å². The van der Waals surface area contributed by atoms with Crippen LogP contribution in [0.1, 0.15) is 75.5 Å². The molecule has 118 valence electrons. The molecule has 1 aromatic carbocycles. The Morgan fingerprint density at radius 1 is 0.952 bits per heavy atom. The van der Waals surface area contributed by atoms with Crippen molar-refractivity contribution in [2.75, 3.05) is 6.54 Å². The number of rotatable bonds is 7. The predicted octanol–water partition coefficient (Wildman–Crippen LogP) is 5.04. The summed E-state index contributed by atoms with van der Waals surface area (Å²) >= 11 is 0. The molecule has 1 heteroatoms. The Balaban J connectivity index is 2.09. The molecule has 1 nitrogen and oxygen atoms in total. The third-order valence-corrected chi connectivity index (χ3v) is 5.57. The van der Waals surface area contributed by atoms with Crippen LogP contribution < -0.4 is 5.73 Å². The van der Waals surface area contributed by atoms with Crippen molar-refractivity contribution in [3.05, 3.63) is 34.9 Å². The van der Waals surface area contributed by atoms with E-state index in [1.165, 1.54) is 56.9 Å². The fourth-order valence-corrected chi connectivity index (χ4v) is 4.11. The van der Waals surface area contributed by atoms with Gasteiger partial charge >= 0.3 is 0 Å². The van der Waals surface area contributed by atoms with Crippen molar-refractivity contribution in [2.45, 2.75) is 78.1 Å². The van der Waals surface area contributed by atoms with Crippen molar-refractivity contribution in [1.82, 2.24) is 0 Å². The Bertz CT molecular complexity index is 424. The van der Waals surface area contributed by atoms with E-state index in [0.717, 1.165) is 19.4 Å². The van der Waals surface area contributed by atoms with Crippen LogP contribution in [-0.4, -0.2) is 6.54 Å². The van der Waals surface area contributed by atoms with E-state index in [0.29, 0.717) is 5.41 Å². The Kier molecular flexibility index (Phi) is 6.29. The molecule has 2 N–H and O–H groups in total. The molecule has 2 rings (SSSR count). The zero-order valence-corrected chi connectivity index (χ0v) is 14.1. The van der Waals surface area contributed by atoms with Gasteiger partial charge in [0, 0.05) is 0 Å². The number of benzene rings is 1. The van der Waals surface area contributed by atoms with E-state index in [2.05, 4.69) is 32.0 Å². The van der Waals surface area contributed by atoms with Gasteiger partial charge in [0.15, 0.2) is 0 Å². The quantitative estimate of drug-likeness (QED) is 0.746. The van der Waals surface area contributed by atoms with Gasteiger partial charge < -0.3 is 5.73 Å². The van der Waals surface area contributed by atoms with Crippen LogP contribution >= 0.6 is 0 Å². The molecule has 21 heavy (non-hydrogen) atoms. The lowest BCUT2D eigenvalue weighted by Gasteiger charge is -2.37.